The molecule has 4 rings (SSSR count). The second kappa shape index (κ2) is 7.15. The summed E-state index contributed by atoms with van der Waals surface area (Å²) in [6, 6.07) is 14.5. The minimum atomic E-state index is -0.295. The van der Waals surface area contributed by atoms with Gasteiger partial charge in [-0.1, -0.05) is 17.7 Å². The standard InChI is InChI=1S/C22H19N3O3/c1-14-5-7-16(8-6-14)24-21(26)18-12-19-20(23-15(18)2)9-10-25(22(19)27)13-17-4-3-11-28-17/h3-12H,13H2,1-2H3,(H,24,26). The van der Waals surface area contributed by atoms with Gasteiger partial charge in [0.05, 0.1) is 35.0 Å². The number of fused-ring (bicyclic) bond motifs is 1. The lowest BCUT2D eigenvalue weighted by atomic mass is 10.1. The number of aryl methyl sites for hydroxylation is 2. The lowest BCUT2D eigenvalue weighted by Crippen LogP contribution is -2.21. The van der Waals surface area contributed by atoms with Gasteiger partial charge in [0.25, 0.3) is 11.5 Å². The van der Waals surface area contributed by atoms with Gasteiger partial charge in [0.15, 0.2) is 0 Å². The Morgan fingerprint density at radius 1 is 1.14 bits per heavy atom. The van der Waals surface area contributed by atoms with Crippen LogP contribution in [0.3, 0.4) is 0 Å². The van der Waals surface area contributed by atoms with Crippen molar-refractivity contribution in [1.82, 2.24) is 9.55 Å². The largest absolute Gasteiger partial charge is 0.467 e. The first-order valence-electron chi connectivity index (χ1n) is 8.92. The van der Waals surface area contributed by atoms with Gasteiger partial charge < -0.3 is 14.3 Å². The Morgan fingerprint density at radius 2 is 1.93 bits per heavy atom. The van der Waals surface area contributed by atoms with Crippen LogP contribution in [0.4, 0.5) is 5.69 Å². The predicted molar refractivity (Wildman–Crippen MR) is 108 cm³/mol. The molecule has 1 N–H and O–H groups in total. The number of pyridine rings is 2. The predicted octanol–water partition coefficient (Wildman–Crippen LogP) is 3.91. The second-order valence-corrected chi connectivity index (χ2v) is 6.70. The van der Waals surface area contributed by atoms with Crippen LogP contribution in [0.25, 0.3) is 10.9 Å². The summed E-state index contributed by atoms with van der Waals surface area (Å²) >= 11 is 0. The highest BCUT2D eigenvalue weighted by atomic mass is 16.3. The number of hydrogen-bond donors (Lipinski definition) is 1. The first kappa shape index (κ1) is 17.7. The molecule has 3 aromatic heterocycles. The zero-order valence-electron chi connectivity index (χ0n) is 15.6. The van der Waals surface area contributed by atoms with E-state index in [0.29, 0.717) is 40.2 Å². The van der Waals surface area contributed by atoms with E-state index in [1.54, 1.807) is 42.1 Å². The fraction of sp³-hybridized carbons (Fsp3) is 0.136. The number of amides is 1. The zero-order valence-corrected chi connectivity index (χ0v) is 15.6. The molecule has 0 fully saturated rings. The number of rotatable bonds is 4. The molecule has 0 spiro atoms. The molecule has 0 radical (unpaired) electrons. The topological polar surface area (TPSA) is 77.1 Å². The molecule has 1 aromatic carbocycles. The Kier molecular flexibility index (Phi) is 4.53. The lowest BCUT2D eigenvalue weighted by Gasteiger charge is -2.10. The van der Waals surface area contributed by atoms with E-state index < -0.39 is 0 Å². The number of nitrogens with zero attached hydrogens (tertiary/aromatic N) is 2. The van der Waals surface area contributed by atoms with Crippen LogP contribution in [0.5, 0.6) is 0 Å². The number of carbonyl (C=O) groups excluding carboxylic acids is 1. The van der Waals surface area contributed by atoms with Gasteiger partial charge in [-0.25, -0.2) is 0 Å². The summed E-state index contributed by atoms with van der Waals surface area (Å²) < 4.78 is 6.86. The smallest absolute Gasteiger partial charge is 0.260 e. The van der Waals surface area contributed by atoms with Crippen LogP contribution in [0, 0.1) is 13.8 Å². The molecule has 6 heteroatoms. The van der Waals surface area contributed by atoms with Crippen LogP contribution in [0.1, 0.15) is 27.4 Å². The van der Waals surface area contributed by atoms with Gasteiger partial charge in [-0.15, -0.1) is 0 Å². The fourth-order valence-corrected chi connectivity index (χ4v) is 3.07. The molecule has 0 aliphatic rings. The molecule has 0 atom stereocenters. The van der Waals surface area contributed by atoms with Gasteiger partial charge in [0, 0.05) is 11.9 Å². The number of furan rings is 1. The maximum Gasteiger partial charge on any atom is 0.260 e. The van der Waals surface area contributed by atoms with Gasteiger partial charge in [0.2, 0.25) is 0 Å². The quantitative estimate of drug-likeness (QED) is 0.588. The molecule has 3 heterocycles. The van der Waals surface area contributed by atoms with Crippen molar-refractivity contribution in [3.63, 3.8) is 0 Å². The molecular formula is C22H19N3O3. The number of benzene rings is 1. The highest BCUT2D eigenvalue weighted by Gasteiger charge is 2.15. The van der Waals surface area contributed by atoms with Crippen molar-refractivity contribution in [2.24, 2.45) is 0 Å². The number of anilines is 1. The number of carbonyl (C=O) groups is 1. The van der Waals surface area contributed by atoms with Gasteiger partial charge in [0.1, 0.15) is 5.76 Å². The van der Waals surface area contributed by atoms with E-state index in [-0.39, 0.29) is 11.5 Å². The normalized spacial score (nSPS) is 10.9. The molecule has 28 heavy (non-hydrogen) atoms. The van der Waals surface area contributed by atoms with E-state index >= 15 is 0 Å². The summed E-state index contributed by atoms with van der Waals surface area (Å²) in [4.78, 5) is 30.1. The van der Waals surface area contributed by atoms with Crippen LogP contribution in [0.2, 0.25) is 0 Å². The zero-order chi connectivity index (χ0) is 19.7. The average Bonchev–Trinajstić information content (AvgIpc) is 3.19. The van der Waals surface area contributed by atoms with Gasteiger partial charge in [-0.2, -0.15) is 0 Å². The lowest BCUT2D eigenvalue weighted by molar-refractivity contribution is 0.102. The van der Waals surface area contributed by atoms with Gasteiger partial charge in [-0.3, -0.25) is 14.6 Å². The summed E-state index contributed by atoms with van der Waals surface area (Å²) in [5.74, 6) is 0.385. The van der Waals surface area contributed by atoms with Gasteiger partial charge >= 0.3 is 0 Å². The number of aromatic nitrogens is 2. The molecule has 140 valence electrons. The SMILES string of the molecule is Cc1ccc(NC(=O)c2cc3c(=O)n(Cc4ccco4)ccc3nc2C)cc1. The summed E-state index contributed by atoms with van der Waals surface area (Å²) in [6.45, 7) is 4.06. The van der Waals surface area contributed by atoms with Gasteiger partial charge in [-0.05, 0) is 50.2 Å². The number of nitrogens with one attached hydrogen (secondary N) is 1. The van der Waals surface area contributed by atoms with Crippen molar-refractivity contribution in [1.29, 1.82) is 0 Å². The monoisotopic (exact) mass is 373 g/mol. The maximum atomic E-state index is 12.9. The molecule has 0 bridgehead atoms. The average molecular weight is 373 g/mol. The van der Waals surface area contributed by atoms with Crippen molar-refractivity contribution in [2.45, 2.75) is 20.4 Å². The van der Waals surface area contributed by atoms with Crippen LogP contribution < -0.4 is 10.9 Å². The van der Waals surface area contributed by atoms with E-state index in [1.165, 1.54) is 0 Å². The first-order valence-corrected chi connectivity index (χ1v) is 8.92. The molecule has 0 saturated heterocycles. The Hall–Kier alpha value is -3.67. The number of hydrogen-bond acceptors (Lipinski definition) is 4. The Bertz CT molecular complexity index is 1210. The van der Waals surface area contributed by atoms with Crippen molar-refractivity contribution >= 4 is 22.5 Å². The minimum absolute atomic E-state index is 0.217. The highest BCUT2D eigenvalue weighted by molar-refractivity contribution is 6.06. The Balaban J connectivity index is 1.71. The second-order valence-electron chi connectivity index (χ2n) is 6.70. The van der Waals surface area contributed by atoms with Crippen molar-refractivity contribution in [3.05, 3.63) is 93.9 Å². The van der Waals surface area contributed by atoms with Crippen molar-refractivity contribution in [2.75, 3.05) is 5.32 Å². The molecule has 0 saturated carbocycles. The summed E-state index contributed by atoms with van der Waals surface area (Å²) in [5.41, 5.74) is 3.09. The highest BCUT2D eigenvalue weighted by Crippen LogP contribution is 2.17. The molecule has 0 aliphatic carbocycles. The maximum absolute atomic E-state index is 12.9. The molecule has 1 amide bonds. The summed E-state index contributed by atoms with van der Waals surface area (Å²) in [6.07, 6.45) is 3.26. The minimum Gasteiger partial charge on any atom is -0.467 e. The third kappa shape index (κ3) is 3.44. The third-order valence-corrected chi connectivity index (χ3v) is 4.61. The van der Waals surface area contributed by atoms with Crippen LogP contribution in [-0.4, -0.2) is 15.5 Å². The Morgan fingerprint density at radius 3 is 2.64 bits per heavy atom. The van der Waals surface area contributed by atoms with Crippen molar-refractivity contribution in [3.8, 4) is 0 Å². The molecule has 4 aromatic rings. The third-order valence-electron chi connectivity index (χ3n) is 4.61. The molecule has 0 unspecified atom stereocenters. The summed E-state index contributed by atoms with van der Waals surface area (Å²) in [5, 5.41) is 3.26. The van der Waals surface area contributed by atoms with E-state index in [2.05, 4.69) is 10.3 Å². The van der Waals surface area contributed by atoms with E-state index in [9.17, 15) is 9.59 Å². The molecule has 6 nitrogen and oxygen atoms in total. The Labute approximate surface area is 161 Å². The fourth-order valence-electron chi connectivity index (χ4n) is 3.07. The van der Waals surface area contributed by atoms with Crippen LogP contribution in [-0.2, 0) is 6.54 Å². The van der Waals surface area contributed by atoms with Crippen LogP contribution >= 0.6 is 0 Å². The van der Waals surface area contributed by atoms with E-state index in [1.807, 2.05) is 37.3 Å². The summed E-state index contributed by atoms with van der Waals surface area (Å²) in [7, 11) is 0. The van der Waals surface area contributed by atoms with E-state index in [0.717, 1.165) is 5.56 Å². The van der Waals surface area contributed by atoms with Crippen LogP contribution in [0.15, 0.2) is 70.2 Å². The van der Waals surface area contributed by atoms with Crippen molar-refractivity contribution < 1.29 is 9.21 Å². The molecule has 0 aliphatic heterocycles. The molecular weight excluding hydrogens is 354 g/mol. The first-order chi connectivity index (χ1) is 13.5. The van der Waals surface area contributed by atoms with E-state index in [4.69, 9.17) is 4.42 Å².